The standard InChI is InChI=1S/C19H13BrN2O3/c1-11(22-18(23)14-8-4-5-9-15(14)19(22)24)17-13-7-3-2-6-12(13)16(20)10-21(17)25/h2-11H,1H3. The molecule has 2 amide bonds. The summed E-state index contributed by atoms with van der Waals surface area (Å²) in [6.45, 7) is 1.70. The number of nitrogens with zero attached hydrogens (tertiary/aromatic N) is 2. The van der Waals surface area contributed by atoms with Crippen LogP contribution in [0.1, 0.15) is 39.4 Å². The molecule has 3 aromatic rings. The second-order valence-corrected chi connectivity index (χ2v) is 6.79. The number of carbonyl (C=O) groups excluding carboxylic acids is 2. The van der Waals surface area contributed by atoms with Gasteiger partial charge in [0.05, 0.1) is 21.0 Å². The van der Waals surface area contributed by atoms with Gasteiger partial charge in [0, 0.05) is 5.39 Å². The minimum absolute atomic E-state index is 0.369. The summed E-state index contributed by atoms with van der Waals surface area (Å²) in [7, 11) is 0. The number of benzene rings is 2. The fraction of sp³-hybridized carbons (Fsp3) is 0.105. The molecular weight excluding hydrogens is 384 g/mol. The molecule has 1 atom stereocenters. The Hall–Kier alpha value is -2.73. The van der Waals surface area contributed by atoms with E-state index in [-0.39, 0.29) is 11.8 Å². The van der Waals surface area contributed by atoms with E-state index in [1.165, 1.54) is 6.20 Å². The van der Waals surface area contributed by atoms with E-state index in [0.717, 1.165) is 15.0 Å². The Morgan fingerprint density at radius 3 is 2.08 bits per heavy atom. The minimum atomic E-state index is -0.692. The minimum Gasteiger partial charge on any atom is -0.618 e. The van der Waals surface area contributed by atoms with Crippen LogP contribution in [0.3, 0.4) is 0 Å². The van der Waals surface area contributed by atoms with Gasteiger partial charge in [-0.2, -0.15) is 4.73 Å². The molecule has 5 nitrogen and oxygen atoms in total. The van der Waals surface area contributed by atoms with Crippen molar-refractivity contribution in [2.24, 2.45) is 0 Å². The van der Waals surface area contributed by atoms with Gasteiger partial charge < -0.3 is 5.21 Å². The summed E-state index contributed by atoms with van der Waals surface area (Å²) in [4.78, 5) is 26.6. The molecule has 0 N–H and O–H groups in total. The highest BCUT2D eigenvalue weighted by Gasteiger charge is 2.41. The number of halogens is 1. The highest BCUT2D eigenvalue weighted by molar-refractivity contribution is 9.10. The molecule has 2 heterocycles. The fourth-order valence-electron chi connectivity index (χ4n) is 3.37. The van der Waals surface area contributed by atoms with Gasteiger partial charge in [0.1, 0.15) is 6.04 Å². The van der Waals surface area contributed by atoms with Gasteiger partial charge in [-0.1, -0.05) is 30.3 Å². The molecular formula is C19H13BrN2O3. The van der Waals surface area contributed by atoms with Gasteiger partial charge in [-0.3, -0.25) is 14.5 Å². The molecule has 0 fully saturated rings. The van der Waals surface area contributed by atoms with Crippen LogP contribution in [0, 0.1) is 5.21 Å². The molecule has 25 heavy (non-hydrogen) atoms. The number of aromatic nitrogens is 1. The van der Waals surface area contributed by atoms with Gasteiger partial charge in [0.25, 0.3) is 11.8 Å². The van der Waals surface area contributed by atoms with Crippen LogP contribution in [0.5, 0.6) is 0 Å². The first-order chi connectivity index (χ1) is 12.0. The van der Waals surface area contributed by atoms with Crippen LogP contribution in [0.25, 0.3) is 10.8 Å². The van der Waals surface area contributed by atoms with Crippen molar-refractivity contribution in [3.8, 4) is 0 Å². The van der Waals surface area contributed by atoms with Crippen LogP contribution < -0.4 is 4.73 Å². The van der Waals surface area contributed by atoms with E-state index >= 15 is 0 Å². The molecule has 4 rings (SSSR count). The van der Waals surface area contributed by atoms with Crippen molar-refractivity contribution in [1.82, 2.24) is 4.90 Å². The molecule has 6 heteroatoms. The Kier molecular flexibility index (Phi) is 3.58. The van der Waals surface area contributed by atoms with Gasteiger partial charge in [0.2, 0.25) is 5.69 Å². The monoisotopic (exact) mass is 396 g/mol. The lowest BCUT2D eigenvalue weighted by molar-refractivity contribution is -0.615. The summed E-state index contributed by atoms with van der Waals surface area (Å²) in [5.41, 5.74) is 1.12. The molecule has 1 aliphatic rings. The maximum atomic E-state index is 12.7. The van der Waals surface area contributed by atoms with Gasteiger partial charge in [-0.15, -0.1) is 0 Å². The summed E-state index contributed by atoms with van der Waals surface area (Å²) >= 11 is 3.39. The molecule has 2 aromatic carbocycles. The molecule has 1 aromatic heterocycles. The topological polar surface area (TPSA) is 64.3 Å². The Morgan fingerprint density at radius 1 is 0.960 bits per heavy atom. The van der Waals surface area contributed by atoms with Crippen molar-refractivity contribution in [1.29, 1.82) is 0 Å². The molecule has 124 valence electrons. The summed E-state index contributed by atoms with van der Waals surface area (Å²) in [6, 6.07) is 13.4. The van der Waals surface area contributed by atoms with Gasteiger partial charge in [0.15, 0.2) is 6.20 Å². The third-order valence-electron chi connectivity index (χ3n) is 4.54. The van der Waals surface area contributed by atoms with Gasteiger partial charge >= 0.3 is 0 Å². The van der Waals surface area contributed by atoms with E-state index in [0.29, 0.717) is 26.7 Å². The summed E-state index contributed by atoms with van der Waals surface area (Å²) in [6.07, 6.45) is 1.41. The van der Waals surface area contributed by atoms with Crippen LogP contribution in [0.15, 0.2) is 59.2 Å². The highest BCUT2D eigenvalue weighted by atomic mass is 79.9. The lowest BCUT2D eigenvalue weighted by Crippen LogP contribution is -2.41. The number of fused-ring (bicyclic) bond motifs is 2. The molecule has 0 saturated heterocycles. The first kappa shape index (κ1) is 15.8. The van der Waals surface area contributed by atoms with Gasteiger partial charge in [-0.05, 0) is 41.1 Å². The maximum Gasteiger partial charge on any atom is 0.262 e. The zero-order valence-electron chi connectivity index (χ0n) is 13.3. The van der Waals surface area contributed by atoms with E-state index in [1.54, 1.807) is 31.2 Å². The quantitative estimate of drug-likeness (QED) is 0.377. The summed E-state index contributed by atoms with van der Waals surface area (Å²) in [5, 5.41) is 14.1. The first-order valence-corrected chi connectivity index (χ1v) is 8.57. The van der Waals surface area contributed by atoms with Crippen molar-refractivity contribution in [2.75, 3.05) is 0 Å². The molecule has 1 unspecified atom stereocenters. The normalized spacial score (nSPS) is 14.9. The van der Waals surface area contributed by atoms with E-state index < -0.39 is 6.04 Å². The number of carbonyl (C=O) groups is 2. The van der Waals surface area contributed by atoms with Crippen LogP contribution in [0.4, 0.5) is 0 Å². The predicted octanol–water partition coefficient (Wildman–Crippen LogP) is 3.59. The molecule has 0 bridgehead atoms. The Bertz CT molecular complexity index is 1010. The Labute approximate surface area is 152 Å². The molecule has 0 aliphatic carbocycles. The average Bonchev–Trinajstić information content (AvgIpc) is 2.86. The number of hydrogen-bond donors (Lipinski definition) is 0. The van der Waals surface area contributed by atoms with Crippen molar-refractivity contribution in [3.05, 3.63) is 81.2 Å². The highest BCUT2D eigenvalue weighted by Crippen LogP contribution is 2.34. The van der Waals surface area contributed by atoms with Crippen molar-refractivity contribution in [2.45, 2.75) is 13.0 Å². The second-order valence-electron chi connectivity index (χ2n) is 5.94. The van der Waals surface area contributed by atoms with E-state index in [4.69, 9.17) is 0 Å². The third-order valence-corrected chi connectivity index (χ3v) is 5.17. The average molecular weight is 397 g/mol. The van der Waals surface area contributed by atoms with Crippen LogP contribution in [-0.2, 0) is 0 Å². The van der Waals surface area contributed by atoms with Crippen LogP contribution in [-0.4, -0.2) is 16.7 Å². The Balaban J connectivity index is 1.89. The number of imide groups is 1. The largest absolute Gasteiger partial charge is 0.618 e. The van der Waals surface area contributed by atoms with E-state index in [1.807, 2.05) is 24.3 Å². The first-order valence-electron chi connectivity index (χ1n) is 7.78. The second kappa shape index (κ2) is 5.67. The van der Waals surface area contributed by atoms with Crippen molar-refractivity contribution >= 4 is 38.5 Å². The number of rotatable bonds is 2. The smallest absolute Gasteiger partial charge is 0.262 e. The predicted molar refractivity (Wildman–Crippen MR) is 96.0 cm³/mol. The zero-order valence-corrected chi connectivity index (χ0v) is 14.9. The number of pyridine rings is 1. The fourth-order valence-corrected chi connectivity index (χ4v) is 3.90. The van der Waals surface area contributed by atoms with Gasteiger partial charge in [-0.25, -0.2) is 0 Å². The third kappa shape index (κ3) is 2.25. The van der Waals surface area contributed by atoms with E-state index in [9.17, 15) is 14.8 Å². The molecule has 1 aliphatic heterocycles. The van der Waals surface area contributed by atoms with E-state index in [2.05, 4.69) is 15.9 Å². The summed E-state index contributed by atoms with van der Waals surface area (Å²) < 4.78 is 1.39. The molecule has 0 saturated carbocycles. The summed E-state index contributed by atoms with van der Waals surface area (Å²) in [5.74, 6) is -0.750. The van der Waals surface area contributed by atoms with Crippen molar-refractivity contribution < 1.29 is 14.3 Å². The SMILES string of the molecule is CC(c1c2ccccc2c(Br)c[n+]1[O-])N1C(=O)c2ccccc2C1=O. The number of amides is 2. The lowest BCUT2D eigenvalue weighted by atomic mass is 10.0. The molecule has 0 spiro atoms. The van der Waals surface area contributed by atoms with Crippen molar-refractivity contribution in [3.63, 3.8) is 0 Å². The Morgan fingerprint density at radius 2 is 1.48 bits per heavy atom. The zero-order chi connectivity index (χ0) is 17.7. The maximum absolute atomic E-state index is 12.7. The molecule has 0 radical (unpaired) electrons. The lowest BCUT2D eigenvalue weighted by Gasteiger charge is -2.22. The van der Waals surface area contributed by atoms with Crippen LogP contribution in [0.2, 0.25) is 0 Å². The number of hydrogen-bond acceptors (Lipinski definition) is 3. The van der Waals surface area contributed by atoms with Crippen LogP contribution >= 0.6 is 15.9 Å².